The van der Waals surface area contributed by atoms with Gasteiger partial charge in [-0.3, -0.25) is 4.79 Å². The summed E-state index contributed by atoms with van der Waals surface area (Å²) in [5, 5.41) is 6.85. The molecule has 6 heteroatoms. The third kappa shape index (κ3) is 3.96. The van der Waals surface area contributed by atoms with Gasteiger partial charge in [0.05, 0.1) is 6.26 Å². The zero-order valence-corrected chi connectivity index (χ0v) is 12.6. The number of nitrogens with one attached hydrogen (secondary N) is 1. The molecule has 0 radical (unpaired) electrons. The average Bonchev–Trinajstić information content (AvgIpc) is 3.22. The molecule has 2 aromatic heterocycles. The van der Waals surface area contributed by atoms with Gasteiger partial charge in [-0.15, -0.1) is 0 Å². The summed E-state index contributed by atoms with van der Waals surface area (Å²) in [4.78, 5) is 16.1. The molecule has 1 saturated carbocycles. The normalized spacial score (nSPS) is 15.8. The van der Waals surface area contributed by atoms with E-state index in [1.807, 2.05) is 0 Å². The Balaban J connectivity index is 1.41. The highest BCUT2D eigenvalue weighted by Crippen LogP contribution is 2.22. The van der Waals surface area contributed by atoms with Crippen molar-refractivity contribution in [2.45, 2.75) is 44.9 Å². The molecule has 2 heterocycles. The molecule has 0 atom stereocenters. The lowest BCUT2D eigenvalue weighted by molar-refractivity contribution is -0.121. The molecule has 0 spiro atoms. The second-order valence-electron chi connectivity index (χ2n) is 5.80. The van der Waals surface area contributed by atoms with E-state index < -0.39 is 0 Å². The first-order valence-corrected chi connectivity index (χ1v) is 7.94. The number of hydrogen-bond acceptors (Lipinski definition) is 5. The van der Waals surface area contributed by atoms with Crippen molar-refractivity contribution in [1.82, 2.24) is 15.5 Å². The Labute approximate surface area is 129 Å². The molecule has 6 nitrogen and oxygen atoms in total. The van der Waals surface area contributed by atoms with E-state index in [0.29, 0.717) is 36.2 Å². The molecular weight excluding hydrogens is 282 g/mol. The fourth-order valence-electron chi connectivity index (χ4n) is 2.82. The van der Waals surface area contributed by atoms with Crippen LogP contribution in [0.15, 0.2) is 27.3 Å². The number of hydrogen-bond donors (Lipinski definition) is 1. The predicted octanol–water partition coefficient (Wildman–Crippen LogP) is 2.96. The van der Waals surface area contributed by atoms with Gasteiger partial charge < -0.3 is 14.3 Å². The number of carbonyl (C=O) groups excluding carboxylic acids is 1. The topological polar surface area (TPSA) is 81.2 Å². The number of aromatic nitrogens is 2. The van der Waals surface area contributed by atoms with E-state index in [-0.39, 0.29) is 5.91 Å². The number of nitrogens with zero attached hydrogens (tertiary/aromatic N) is 2. The van der Waals surface area contributed by atoms with E-state index in [9.17, 15) is 4.79 Å². The number of rotatable bonds is 6. The van der Waals surface area contributed by atoms with Crippen LogP contribution in [0.4, 0.5) is 0 Å². The Kier molecular flexibility index (Phi) is 4.88. The van der Waals surface area contributed by atoms with Crippen molar-refractivity contribution in [2.75, 3.05) is 6.54 Å². The zero-order valence-electron chi connectivity index (χ0n) is 12.6. The second kappa shape index (κ2) is 7.24. The molecular formula is C16H21N3O3. The van der Waals surface area contributed by atoms with Crippen LogP contribution >= 0.6 is 0 Å². The molecule has 0 aromatic carbocycles. The third-order valence-corrected chi connectivity index (χ3v) is 4.09. The van der Waals surface area contributed by atoms with Crippen molar-refractivity contribution in [1.29, 1.82) is 0 Å². The minimum atomic E-state index is 0.0447. The molecule has 0 unspecified atom stereocenters. The van der Waals surface area contributed by atoms with Crippen LogP contribution in [0.3, 0.4) is 0 Å². The van der Waals surface area contributed by atoms with Crippen molar-refractivity contribution in [3.63, 3.8) is 0 Å². The van der Waals surface area contributed by atoms with E-state index in [0.717, 1.165) is 6.54 Å². The monoisotopic (exact) mass is 303 g/mol. The Morgan fingerprint density at radius 2 is 2.18 bits per heavy atom. The fourth-order valence-corrected chi connectivity index (χ4v) is 2.82. The summed E-state index contributed by atoms with van der Waals surface area (Å²) < 4.78 is 10.3. The van der Waals surface area contributed by atoms with Crippen LogP contribution in [0.25, 0.3) is 11.6 Å². The van der Waals surface area contributed by atoms with Crippen LogP contribution < -0.4 is 5.32 Å². The van der Waals surface area contributed by atoms with Gasteiger partial charge in [-0.1, -0.05) is 24.4 Å². The highest BCUT2D eigenvalue weighted by molar-refractivity contribution is 5.76. The maximum absolute atomic E-state index is 11.9. The van der Waals surface area contributed by atoms with E-state index >= 15 is 0 Å². The molecule has 1 amide bonds. The molecule has 1 fully saturated rings. The van der Waals surface area contributed by atoms with Gasteiger partial charge >= 0.3 is 0 Å². The van der Waals surface area contributed by atoms with Crippen molar-refractivity contribution >= 4 is 5.91 Å². The summed E-state index contributed by atoms with van der Waals surface area (Å²) in [6, 6.07) is 3.54. The van der Waals surface area contributed by atoms with Crippen molar-refractivity contribution < 1.29 is 13.7 Å². The molecule has 1 N–H and O–H groups in total. The maximum atomic E-state index is 11.9. The quantitative estimate of drug-likeness (QED) is 0.887. The molecule has 0 saturated heterocycles. The zero-order chi connectivity index (χ0) is 15.2. The average molecular weight is 303 g/mol. The van der Waals surface area contributed by atoms with Crippen molar-refractivity contribution in [3.8, 4) is 11.6 Å². The van der Waals surface area contributed by atoms with Crippen LogP contribution in [0.5, 0.6) is 0 Å². The molecule has 1 aliphatic rings. The molecule has 1 aliphatic carbocycles. The number of furan rings is 1. The van der Waals surface area contributed by atoms with Gasteiger partial charge in [0, 0.05) is 19.4 Å². The fraction of sp³-hybridized carbons (Fsp3) is 0.562. The summed E-state index contributed by atoms with van der Waals surface area (Å²) in [5.74, 6) is 2.13. The number of carbonyl (C=O) groups is 1. The minimum Gasteiger partial charge on any atom is -0.461 e. The van der Waals surface area contributed by atoms with E-state index in [1.165, 1.54) is 32.1 Å². The van der Waals surface area contributed by atoms with Crippen LogP contribution in [0.1, 0.15) is 44.4 Å². The lowest BCUT2D eigenvalue weighted by Crippen LogP contribution is -2.30. The molecule has 22 heavy (non-hydrogen) atoms. The number of aryl methyl sites for hydroxylation is 1. The molecule has 0 aliphatic heterocycles. The lowest BCUT2D eigenvalue weighted by atomic mass is 9.89. The summed E-state index contributed by atoms with van der Waals surface area (Å²) in [7, 11) is 0. The Bertz CT molecular complexity index is 586. The highest BCUT2D eigenvalue weighted by atomic mass is 16.5. The van der Waals surface area contributed by atoms with Gasteiger partial charge in [0.2, 0.25) is 17.6 Å². The number of amides is 1. The van der Waals surface area contributed by atoms with Gasteiger partial charge in [0.15, 0.2) is 5.76 Å². The summed E-state index contributed by atoms with van der Waals surface area (Å²) in [6.45, 7) is 0.792. The first kappa shape index (κ1) is 14.8. The van der Waals surface area contributed by atoms with Crippen molar-refractivity contribution in [3.05, 3.63) is 24.3 Å². The summed E-state index contributed by atoms with van der Waals surface area (Å²) >= 11 is 0. The summed E-state index contributed by atoms with van der Waals surface area (Å²) in [5.41, 5.74) is 0. The van der Waals surface area contributed by atoms with Crippen LogP contribution in [0.2, 0.25) is 0 Å². The Morgan fingerprint density at radius 3 is 2.95 bits per heavy atom. The van der Waals surface area contributed by atoms with Crippen LogP contribution in [-0.2, 0) is 11.2 Å². The van der Waals surface area contributed by atoms with Gasteiger partial charge in [-0.2, -0.15) is 4.98 Å². The largest absolute Gasteiger partial charge is 0.461 e. The third-order valence-electron chi connectivity index (χ3n) is 4.09. The van der Waals surface area contributed by atoms with Crippen molar-refractivity contribution in [2.24, 2.45) is 5.92 Å². The van der Waals surface area contributed by atoms with Gasteiger partial charge in [-0.25, -0.2) is 0 Å². The van der Waals surface area contributed by atoms with E-state index in [1.54, 1.807) is 18.4 Å². The van der Waals surface area contributed by atoms with Crippen LogP contribution in [-0.4, -0.2) is 22.6 Å². The van der Waals surface area contributed by atoms with Gasteiger partial charge in [0.25, 0.3) is 0 Å². The van der Waals surface area contributed by atoms with Crippen LogP contribution in [0, 0.1) is 5.92 Å². The Hall–Kier alpha value is -2.11. The standard InChI is InChI=1S/C16H21N3O3/c20-14(17-11-12-5-2-1-3-6-12)8-9-15-18-16(19-22-15)13-7-4-10-21-13/h4,7,10,12H,1-3,5-6,8-9,11H2,(H,17,20). The first-order valence-electron chi connectivity index (χ1n) is 7.94. The molecule has 3 rings (SSSR count). The SMILES string of the molecule is O=C(CCc1nc(-c2ccco2)no1)NCC1CCCCC1. The minimum absolute atomic E-state index is 0.0447. The smallest absolute Gasteiger partial charge is 0.238 e. The Morgan fingerprint density at radius 1 is 1.32 bits per heavy atom. The first-order chi connectivity index (χ1) is 10.8. The van der Waals surface area contributed by atoms with Gasteiger partial charge in [0.1, 0.15) is 0 Å². The molecule has 2 aromatic rings. The molecule has 0 bridgehead atoms. The predicted molar refractivity (Wildman–Crippen MR) is 79.9 cm³/mol. The van der Waals surface area contributed by atoms with E-state index in [2.05, 4.69) is 15.5 Å². The summed E-state index contributed by atoms with van der Waals surface area (Å²) in [6.07, 6.45) is 8.75. The molecule has 118 valence electrons. The lowest BCUT2D eigenvalue weighted by Gasteiger charge is -2.21. The van der Waals surface area contributed by atoms with E-state index in [4.69, 9.17) is 8.94 Å². The van der Waals surface area contributed by atoms with Gasteiger partial charge in [-0.05, 0) is 30.9 Å². The second-order valence-corrected chi connectivity index (χ2v) is 5.80. The highest BCUT2D eigenvalue weighted by Gasteiger charge is 2.15. The maximum Gasteiger partial charge on any atom is 0.238 e.